The van der Waals surface area contributed by atoms with Gasteiger partial charge in [-0.25, -0.2) is 8.42 Å². The molecule has 1 aliphatic rings. The minimum absolute atomic E-state index is 0.286. The summed E-state index contributed by atoms with van der Waals surface area (Å²) in [6.07, 6.45) is 0. The summed E-state index contributed by atoms with van der Waals surface area (Å²) in [6.45, 7) is 6.10. The Morgan fingerprint density at radius 2 is 1.69 bits per heavy atom. The molecule has 1 fully saturated rings. The average molecular weight is 449 g/mol. The fourth-order valence-electron chi connectivity index (χ4n) is 3.27. The van der Waals surface area contributed by atoms with Crippen LogP contribution in [0.5, 0.6) is 0 Å². The number of piperazine rings is 1. The molecule has 4 rings (SSSR count). The van der Waals surface area contributed by atoms with Crippen molar-refractivity contribution in [2.75, 3.05) is 31.1 Å². The van der Waals surface area contributed by atoms with Gasteiger partial charge in [-0.3, -0.25) is 0 Å². The first-order chi connectivity index (χ1) is 13.8. The van der Waals surface area contributed by atoms with Crippen LogP contribution < -0.4 is 4.90 Å². The molecule has 0 spiro atoms. The Balaban J connectivity index is 1.44. The highest BCUT2D eigenvalue weighted by molar-refractivity contribution is 7.91. The van der Waals surface area contributed by atoms with Crippen molar-refractivity contribution in [1.29, 1.82) is 0 Å². The molecule has 6 nitrogen and oxygen atoms in total. The molecule has 3 heterocycles. The van der Waals surface area contributed by atoms with E-state index in [1.54, 1.807) is 12.1 Å². The van der Waals surface area contributed by atoms with E-state index in [1.165, 1.54) is 15.4 Å². The van der Waals surface area contributed by atoms with E-state index in [9.17, 15) is 8.42 Å². The smallest absolute Gasteiger partial charge is 0.252 e. The third-order valence-corrected chi connectivity index (χ3v) is 8.76. The minimum Gasteiger partial charge on any atom is -0.352 e. The van der Waals surface area contributed by atoms with Gasteiger partial charge in [0.05, 0.1) is 10.0 Å². The predicted molar refractivity (Wildman–Crippen MR) is 117 cm³/mol. The topological polar surface area (TPSA) is 66.4 Å². The Kier molecular flexibility index (Phi) is 5.61. The number of anilines is 1. The van der Waals surface area contributed by atoms with Gasteiger partial charge >= 0.3 is 0 Å². The molecule has 9 heteroatoms. The van der Waals surface area contributed by atoms with Gasteiger partial charge in [-0.1, -0.05) is 23.7 Å². The molecule has 0 atom stereocenters. The lowest BCUT2D eigenvalue weighted by molar-refractivity contribution is 0.384. The Morgan fingerprint density at radius 1 is 0.931 bits per heavy atom. The lowest BCUT2D eigenvalue weighted by Gasteiger charge is -2.34. The van der Waals surface area contributed by atoms with Gasteiger partial charge in [0, 0.05) is 31.7 Å². The molecule has 0 saturated carbocycles. The van der Waals surface area contributed by atoms with Crippen LogP contribution in [0.15, 0.2) is 46.7 Å². The van der Waals surface area contributed by atoms with Crippen LogP contribution in [-0.2, 0) is 10.0 Å². The fourth-order valence-corrected chi connectivity index (χ4v) is 6.33. The molecule has 2 aromatic heterocycles. The van der Waals surface area contributed by atoms with Crippen LogP contribution in [0.25, 0.3) is 11.3 Å². The average Bonchev–Trinajstić information content (AvgIpc) is 3.18. The predicted octanol–water partition coefficient (Wildman–Crippen LogP) is 3.99. The Morgan fingerprint density at radius 3 is 2.28 bits per heavy atom. The second-order valence-electron chi connectivity index (χ2n) is 7.03. The number of benzene rings is 1. The molecule has 29 heavy (non-hydrogen) atoms. The van der Waals surface area contributed by atoms with E-state index in [0.717, 1.165) is 28.4 Å². The standard InChI is InChI=1S/C20H21ClN4O2S2/c1-14-3-4-16(13-15(14)2)17-5-7-19(23-22-17)24-9-11-25(12-10-24)29(26,27)20-8-6-18(21)28-20/h3-8,13H,9-12H2,1-2H3. The molecular formula is C20H21ClN4O2S2. The van der Waals surface area contributed by atoms with Crippen LogP contribution in [0, 0.1) is 13.8 Å². The van der Waals surface area contributed by atoms with Gasteiger partial charge in [0.25, 0.3) is 10.0 Å². The molecule has 0 radical (unpaired) electrons. The van der Waals surface area contributed by atoms with Crippen molar-refractivity contribution in [2.45, 2.75) is 18.1 Å². The summed E-state index contributed by atoms with van der Waals surface area (Å²) in [5.74, 6) is 0.758. The van der Waals surface area contributed by atoms with Crippen LogP contribution in [0.4, 0.5) is 5.82 Å². The molecule has 1 aliphatic heterocycles. The Bertz CT molecular complexity index is 1120. The van der Waals surface area contributed by atoms with E-state index in [-0.39, 0.29) is 4.21 Å². The van der Waals surface area contributed by atoms with Gasteiger partial charge in [-0.2, -0.15) is 4.31 Å². The monoisotopic (exact) mass is 448 g/mol. The van der Waals surface area contributed by atoms with E-state index < -0.39 is 10.0 Å². The van der Waals surface area contributed by atoms with E-state index in [0.29, 0.717) is 30.5 Å². The number of halogens is 1. The number of nitrogens with zero attached hydrogens (tertiary/aromatic N) is 4. The second kappa shape index (κ2) is 8.02. The van der Waals surface area contributed by atoms with Crippen LogP contribution in [0.3, 0.4) is 0 Å². The fraction of sp³-hybridized carbons (Fsp3) is 0.300. The van der Waals surface area contributed by atoms with Crippen molar-refractivity contribution in [3.05, 3.63) is 57.9 Å². The highest BCUT2D eigenvalue weighted by Gasteiger charge is 2.30. The van der Waals surface area contributed by atoms with Crippen molar-refractivity contribution < 1.29 is 8.42 Å². The largest absolute Gasteiger partial charge is 0.352 e. The summed E-state index contributed by atoms with van der Waals surface area (Å²) >= 11 is 6.98. The van der Waals surface area contributed by atoms with Crippen molar-refractivity contribution in [3.8, 4) is 11.3 Å². The summed E-state index contributed by atoms with van der Waals surface area (Å²) in [5.41, 5.74) is 4.33. The van der Waals surface area contributed by atoms with Crippen molar-refractivity contribution >= 4 is 38.8 Å². The number of thiophene rings is 1. The number of sulfonamides is 1. The van der Waals surface area contributed by atoms with Crippen LogP contribution in [0.2, 0.25) is 4.34 Å². The van der Waals surface area contributed by atoms with Crippen molar-refractivity contribution in [2.24, 2.45) is 0 Å². The van der Waals surface area contributed by atoms with Gasteiger partial charge in [-0.15, -0.1) is 21.5 Å². The van der Waals surface area contributed by atoms with Gasteiger partial charge < -0.3 is 4.90 Å². The number of hydrogen-bond donors (Lipinski definition) is 0. The lowest BCUT2D eigenvalue weighted by Crippen LogP contribution is -2.48. The Hall–Kier alpha value is -2.00. The summed E-state index contributed by atoms with van der Waals surface area (Å²) in [6, 6.07) is 13.3. The zero-order valence-corrected chi connectivity index (χ0v) is 18.6. The second-order valence-corrected chi connectivity index (χ2v) is 10.9. The van der Waals surface area contributed by atoms with Crippen LogP contribution >= 0.6 is 22.9 Å². The van der Waals surface area contributed by atoms with Gasteiger partial charge in [0.2, 0.25) is 0 Å². The minimum atomic E-state index is -3.49. The molecule has 0 unspecified atom stereocenters. The van der Waals surface area contributed by atoms with Crippen LogP contribution in [-0.4, -0.2) is 49.1 Å². The molecule has 0 aliphatic carbocycles. The van der Waals surface area contributed by atoms with Gasteiger partial charge in [0.15, 0.2) is 5.82 Å². The maximum atomic E-state index is 12.7. The third-order valence-electron chi connectivity index (χ3n) is 5.16. The molecule has 152 valence electrons. The number of aryl methyl sites for hydroxylation is 2. The zero-order valence-electron chi connectivity index (χ0n) is 16.2. The van der Waals surface area contributed by atoms with Crippen molar-refractivity contribution in [3.63, 3.8) is 0 Å². The quantitative estimate of drug-likeness (QED) is 0.603. The molecule has 1 saturated heterocycles. The van der Waals surface area contributed by atoms with Gasteiger partial charge in [0.1, 0.15) is 4.21 Å². The van der Waals surface area contributed by atoms with E-state index in [4.69, 9.17) is 11.6 Å². The maximum absolute atomic E-state index is 12.7. The molecule has 0 amide bonds. The summed E-state index contributed by atoms with van der Waals surface area (Å²) in [4.78, 5) is 2.06. The first kappa shape index (κ1) is 20.3. The molecular weight excluding hydrogens is 428 g/mol. The van der Waals surface area contributed by atoms with E-state index in [1.807, 2.05) is 18.2 Å². The lowest BCUT2D eigenvalue weighted by atomic mass is 10.0. The Labute approximate surface area is 179 Å². The first-order valence-corrected chi connectivity index (χ1v) is 11.9. The first-order valence-electron chi connectivity index (χ1n) is 9.26. The third kappa shape index (κ3) is 4.16. The number of rotatable bonds is 4. The van der Waals surface area contributed by atoms with E-state index in [2.05, 4.69) is 41.1 Å². The zero-order chi connectivity index (χ0) is 20.6. The molecule has 0 N–H and O–H groups in total. The number of aromatic nitrogens is 2. The number of hydrogen-bond acceptors (Lipinski definition) is 6. The van der Waals surface area contributed by atoms with Crippen LogP contribution in [0.1, 0.15) is 11.1 Å². The molecule has 1 aromatic carbocycles. The molecule has 3 aromatic rings. The molecule has 0 bridgehead atoms. The van der Waals surface area contributed by atoms with E-state index >= 15 is 0 Å². The summed E-state index contributed by atoms with van der Waals surface area (Å²) in [7, 11) is -3.49. The highest BCUT2D eigenvalue weighted by Crippen LogP contribution is 2.29. The SMILES string of the molecule is Cc1ccc(-c2ccc(N3CCN(S(=O)(=O)c4ccc(Cl)s4)CC3)nn2)cc1C. The van der Waals surface area contributed by atoms with Gasteiger partial charge in [-0.05, 0) is 55.3 Å². The highest BCUT2D eigenvalue weighted by atomic mass is 35.5. The van der Waals surface area contributed by atoms with Crippen molar-refractivity contribution in [1.82, 2.24) is 14.5 Å². The summed E-state index contributed by atoms with van der Waals surface area (Å²) < 4.78 is 27.7. The normalized spacial score (nSPS) is 15.6. The maximum Gasteiger partial charge on any atom is 0.252 e. The summed E-state index contributed by atoms with van der Waals surface area (Å²) in [5, 5.41) is 8.75.